The molecule has 0 fully saturated rings. The molecule has 6 heteroatoms. The third-order valence-electron chi connectivity index (χ3n) is 2.71. The lowest BCUT2D eigenvalue weighted by Crippen LogP contribution is -2.07. The Morgan fingerprint density at radius 1 is 1.38 bits per heavy atom. The molecule has 2 aromatic rings. The smallest absolute Gasteiger partial charge is 0.310 e. The fraction of sp³-hybridized carbons (Fsp3) is 0.133. The maximum absolute atomic E-state index is 14.2. The Balaban J connectivity index is 2.31. The molecule has 0 radical (unpaired) electrons. The first kappa shape index (κ1) is 14.5. The van der Waals surface area contributed by atoms with Gasteiger partial charge in [0.05, 0.1) is 19.1 Å². The van der Waals surface area contributed by atoms with Gasteiger partial charge in [-0.05, 0) is 18.2 Å². The number of rotatable bonds is 4. The molecule has 5 nitrogen and oxygen atoms in total. The van der Waals surface area contributed by atoms with Gasteiger partial charge < -0.3 is 9.47 Å². The number of carbonyl (C=O) groups excluding carboxylic acids is 1. The second-order valence-electron chi connectivity index (χ2n) is 4.05. The molecule has 0 atom stereocenters. The molecule has 106 valence electrons. The molecule has 0 aliphatic heterocycles. The van der Waals surface area contributed by atoms with Crippen LogP contribution in [-0.2, 0) is 16.0 Å². The van der Waals surface area contributed by atoms with E-state index in [1.165, 1.54) is 25.4 Å². The summed E-state index contributed by atoms with van der Waals surface area (Å²) in [4.78, 5) is 15.0. The number of hydrogen-bond acceptors (Lipinski definition) is 5. The molecule has 21 heavy (non-hydrogen) atoms. The van der Waals surface area contributed by atoms with Crippen molar-refractivity contribution in [1.82, 2.24) is 4.98 Å². The molecule has 0 saturated carbocycles. The molecule has 2 rings (SSSR count). The molecule has 0 spiro atoms. The van der Waals surface area contributed by atoms with Crippen molar-refractivity contribution in [2.45, 2.75) is 6.42 Å². The predicted molar refractivity (Wildman–Crippen MR) is 71.1 cm³/mol. The Kier molecular flexibility index (Phi) is 4.46. The van der Waals surface area contributed by atoms with Gasteiger partial charge in [0.25, 0.3) is 5.88 Å². The SMILES string of the molecule is COC(=O)Cc1ccnc(Oc2ccccc2C#N)c1F. The van der Waals surface area contributed by atoms with Crippen LogP contribution in [0.5, 0.6) is 11.6 Å². The van der Waals surface area contributed by atoms with E-state index in [2.05, 4.69) is 9.72 Å². The Morgan fingerprint density at radius 3 is 2.86 bits per heavy atom. The summed E-state index contributed by atoms with van der Waals surface area (Å²) < 4.78 is 24.0. The van der Waals surface area contributed by atoms with Crippen LogP contribution in [0.4, 0.5) is 4.39 Å². The molecule has 1 aromatic heterocycles. The van der Waals surface area contributed by atoms with Gasteiger partial charge in [-0.15, -0.1) is 0 Å². The second-order valence-corrected chi connectivity index (χ2v) is 4.05. The monoisotopic (exact) mass is 286 g/mol. The van der Waals surface area contributed by atoms with Crippen LogP contribution in [0.2, 0.25) is 0 Å². The lowest BCUT2D eigenvalue weighted by atomic mass is 10.2. The normalized spacial score (nSPS) is 9.76. The van der Waals surface area contributed by atoms with Gasteiger partial charge in [-0.25, -0.2) is 9.37 Å². The van der Waals surface area contributed by atoms with E-state index in [9.17, 15) is 9.18 Å². The van der Waals surface area contributed by atoms with E-state index in [-0.39, 0.29) is 29.2 Å². The summed E-state index contributed by atoms with van der Waals surface area (Å²) in [7, 11) is 1.22. The highest BCUT2D eigenvalue weighted by Crippen LogP contribution is 2.26. The number of ether oxygens (including phenoxy) is 2. The lowest BCUT2D eigenvalue weighted by molar-refractivity contribution is -0.139. The van der Waals surface area contributed by atoms with E-state index in [4.69, 9.17) is 10.00 Å². The number of aromatic nitrogens is 1. The molecule has 0 saturated heterocycles. The van der Waals surface area contributed by atoms with Crippen molar-refractivity contribution in [3.05, 3.63) is 53.5 Å². The zero-order chi connectivity index (χ0) is 15.2. The summed E-state index contributed by atoms with van der Waals surface area (Å²) in [5, 5.41) is 8.97. The second kappa shape index (κ2) is 6.48. The molecule has 0 N–H and O–H groups in total. The number of esters is 1. The molecule has 1 heterocycles. The first-order valence-electron chi connectivity index (χ1n) is 6.03. The quantitative estimate of drug-likeness (QED) is 0.808. The fourth-order valence-electron chi connectivity index (χ4n) is 1.65. The van der Waals surface area contributed by atoms with E-state index in [0.717, 1.165) is 0 Å². The van der Waals surface area contributed by atoms with Gasteiger partial charge in [-0.1, -0.05) is 12.1 Å². The van der Waals surface area contributed by atoms with Crippen molar-refractivity contribution in [3.63, 3.8) is 0 Å². The number of carbonyl (C=O) groups is 1. The van der Waals surface area contributed by atoms with Crippen molar-refractivity contribution in [2.24, 2.45) is 0 Å². The maximum atomic E-state index is 14.2. The summed E-state index contributed by atoms with van der Waals surface area (Å²) in [6.45, 7) is 0. The Hall–Kier alpha value is -2.94. The van der Waals surface area contributed by atoms with Gasteiger partial charge >= 0.3 is 5.97 Å². The summed E-state index contributed by atoms with van der Waals surface area (Å²) >= 11 is 0. The zero-order valence-electron chi connectivity index (χ0n) is 11.2. The van der Waals surface area contributed by atoms with E-state index in [1.807, 2.05) is 6.07 Å². The summed E-state index contributed by atoms with van der Waals surface area (Å²) in [5.74, 6) is -1.42. The van der Waals surface area contributed by atoms with Crippen LogP contribution in [0.3, 0.4) is 0 Å². The fourth-order valence-corrected chi connectivity index (χ4v) is 1.65. The zero-order valence-corrected chi connectivity index (χ0v) is 11.2. The molecule has 0 unspecified atom stereocenters. The van der Waals surface area contributed by atoms with Gasteiger partial charge in [-0.3, -0.25) is 4.79 Å². The number of methoxy groups -OCH3 is 1. The Bertz CT molecular complexity index is 710. The minimum atomic E-state index is -0.754. The average molecular weight is 286 g/mol. The van der Waals surface area contributed by atoms with Crippen molar-refractivity contribution >= 4 is 5.97 Å². The largest absolute Gasteiger partial charge is 0.469 e. The Labute approximate surface area is 120 Å². The van der Waals surface area contributed by atoms with Gasteiger partial charge in [0.2, 0.25) is 0 Å². The van der Waals surface area contributed by atoms with Crippen molar-refractivity contribution in [1.29, 1.82) is 5.26 Å². The van der Waals surface area contributed by atoms with Gasteiger partial charge in [0.1, 0.15) is 11.8 Å². The highest BCUT2D eigenvalue weighted by molar-refractivity contribution is 5.72. The number of hydrogen-bond donors (Lipinski definition) is 0. The van der Waals surface area contributed by atoms with E-state index < -0.39 is 11.8 Å². The molecular formula is C15H11FN2O3. The molecule has 0 bridgehead atoms. The van der Waals surface area contributed by atoms with Crippen LogP contribution >= 0.6 is 0 Å². The molecular weight excluding hydrogens is 275 g/mol. The average Bonchev–Trinajstić information content (AvgIpc) is 2.51. The highest BCUT2D eigenvalue weighted by Gasteiger charge is 2.15. The molecule has 0 amide bonds. The predicted octanol–water partition coefficient (Wildman–Crippen LogP) is 2.60. The molecule has 0 aliphatic rings. The van der Waals surface area contributed by atoms with E-state index >= 15 is 0 Å². The summed E-state index contributed by atoms with van der Waals surface area (Å²) in [5.41, 5.74) is 0.373. The Morgan fingerprint density at radius 2 is 2.14 bits per heavy atom. The van der Waals surface area contributed by atoms with Crippen LogP contribution in [0.15, 0.2) is 36.5 Å². The number of nitriles is 1. The lowest BCUT2D eigenvalue weighted by Gasteiger charge is -2.09. The number of halogens is 1. The van der Waals surface area contributed by atoms with Crippen molar-refractivity contribution in [3.8, 4) is 17.7 Å². The topological polar surface area (TPSA) is 72.2 Å². The van der Waals surface area contributed by atoms with Crippen molar-refractivity contribution in [2.75, 3.05) is 7.11 Å². The van der Waals surface area contributed by atoms with Crippen LogP contribution < -0.4 is 4.74 Å². The number of nitrogens with zero attached hydrogens (tertiary/aromatic N) is 2. The third kappa shape index (κ3) is 3.34. The van der Waals surface area contributed by atoms with Crippen LogP contribution in [-0.4, -0.2) is 18.1 Å². The van der Waals surface area contributed by atoms with E-state index in [1.54, 1.807) is 18.2 Å². The number of pyridine rings is 1. The van der Waals surface area contributed by atoms with Gasteiger partial charge in [-0.2, -0.15) is 5.26 Å². The summed E-state index contributed by atoms with van der Waals surface area (Å²) in [6, 6.07) is 9.72. The van der Waals surface area contributed by atoms with Gasteiger partial charge in [0.15, 0.2) is 5.82 Å². The van der Waals surface area contributed by atoms with Crippen LogP contribution in [0, 0.1) is 17.1 Å². The minimum Gasteiger partial charge on any atom is -0.469 e. The number of benzene rings is 1. The van der Waals surface area contributed by atoms with E-state index in [0.29, 0.717) is 0 Å². The number of para-hydroxylation sites is 1. The standard InChI is InChI=1S/C15H11FN2O3/c1-20-13(19)8-10-6-7-18-15(14(10)16)21-12-5-3-2-4-11(12)9-17/h2-7H,8H2,1H3. The third-order valence-corrected chi connectivity index (χ3v) is 2.71. The maximum Gasteiger partial charge on any atom is 0.310 e. The van der Waals surface area contributed by atoms with Crippen LogP contribution in [0.25, 0.3) is 0 Å². The molecule has 1 aromatic carbocycles. The van der Waals surface area contributed by atoms with Crippen LogP contribution in [0.1, 0.15) is 11.1 Å². The highest BCUT2D eigenvalue weighted by atomic mass is 19.1. The minimum absolute atomic E-state index is 0.112. The molecule has 0 aliphatic carbocycles. The summed E-state index contributed by atoms with van der Waals surface area (Å²) in [6.07, 6.45) is 1.10. The van der Waals surface area contributed by atoms with Crippen molar-refractivity contribution < 1.29 is 18.7 Å². The first-order chi connectivity index (χ1) is 10.2. The van der Waals surface area contributed by atoms with Gasteiger partial charge in [0, 0.05) is 11.8 Å². The first-order valence-corrected chi connectivity index (χ1v) is 6.03.